The van der Waals surface area contributed by atoms with Crippen LogP contribution >= 0.6 is 0 Å². The van der Waals surface area contributed by atoms with Gasteiger partial charge in [0.1, 0.15) is 12.2 Å². The normalized spacial score (nSPS) is 33.6. The fraction of sp³-hybridized carbons (Fsp3) is 0.421. The summed E-state index contributed by atoms with van der Waals surface area (Å²) < 4.78 is 11.1. The Hall–Kier alpha value is -1.95. The van der Waals surface area contributed by atoms with E-state index in [-0.39, 0.29) is 12.2 Å². The standard InChI is InChI=1S/C19H22O5/c20-14-10-15(7-6-13-4-2-1-3-5-13)23-16(11-14)12-18-17(21)8-9-19(22)24-18/h1-9,14-18,20-21H,10-12H2/b7-6+/t14-,15+,16-,17-,18-/m1/s1. The Labute approximate surface area is 141 Å². The average molecular weight is 330 g/mol. The predicted molar refractivity (Wildman–Crippen MR) is 89.0 cm³/mol. The second-order valence-corrected chi connectivity index (χ2v) is 6.25. The molecule has 0 saturated carbocycles. The molecule has 0 aromatic heterocycles. The van der Waals surface area contributed by atoms with Gasteiger partial charge in [0.2, 0.25) is 0 Å². The van der Waals surface area contributed by atoms with Crippen LogP contribution in [0.15, 0.2) is 48.6 Å². The second-order valence-electron chi connectivity index (χ2n) is 6.25. The van der Waals surface area contributed by atoms with Crippen LogP contribution in [0.25, 0.3) is 6.08 Å². The van der Waals surface area contributed by atoms with Gasteiger partial charge in [0.25, 0.3) is 0 Å². The molecule has 0 aliphatic carbocycles. The van der Waals surface area contributed by atoms with E-state index in [0.717, 1.165) is 5.56 Å². The molecule has 3 rings (SSSR count). The van der Waals surface area contributed by atoms with Crippen molar-refractivity contribution >= 4 is 12.0 Å². The number of carbonyl (C=O) groups excluding carboxylic acids is 1. The minimum atomic E-state index is -0.830. The van der Waals surface area contributed by atoms with Gasteiger partial charge in [-0.2, -0.15) is 0 Å². The topological polar surface area (TPSA) is 76.0 Å². The quantitative estimate of drug-likeness (QED) is 0.824. The molecule has 5 atom stereocenters. The van der Waals surface area contributed by atoms with Gasteiger partial charge < -0.3 is 19.7 Å². The van der Waals surface area contributed by atoms with Crippen LogP contribution in [0.5, 0.6) is 0 Å². The summed E-state index contributed by atoms with van der Waals surface area (Å²) >= 11 is 0. The summed E-state index contributed by atoms with van der Waals surface area (Å²) in [6.45, 7) is 0. The van der Waals surface area contributed by atoms with Crippen molar-refractivity contribution in [1.29, 1.82) is 0 Å². The molecule has 1 saturated heterocycles. The van der Waals surface area contributed by atoms with E-state index in [2.05, 4.69) is 0 Å². The van der Waals surface area contributed by atoms with Gasteiger partial charge in [-0.15, -0.1) is 0 Å². The van der Waals surface area contributed by atoms with Crippen molar-refractivity contribution in [3.05, 3.63) is 54.1 Å². The number of carbonyl (C=O) groups is 1. The fourth-order valence-corrected chi connectivity index (χ4v) is 3.09. The summed E-state index contributed by atoms with van der Waals surface area (Å²) in [5.74, 6) is -0.456. The van der Waals surface area contributed by atoms with E-state index >= 15 is 0 Å². The molecular formula is C19H22O5. The Morgan fingerprint density at radius 2 is 1.96 bits per heavy atom. The first-order valence-electron chi connectivity index (χ1n) is 8.24. The lowest BCUT2D eigenvalue weighted by Crippen LogP contribution is -2.41. The van der Waals surface area contributed by atoms with Crippen LogP contribution in [0.3, 0.4) is 0 Å². The molecule has 1 aromatic carbocycles. The van der Waals surface area contributed by atoms with E-state index in [9.17, 15) is 15.0 Å². The van der Waals surface area contributed by atoms with Crippen LogP contribution in [-0.2, 0) is 14.3 Å². The number of rotatable bonds is 4. The van der Waals surface area contributed by atoms with Gasteiger partial charge in [-0.25, -0.2) is 4.79 Å². The van der Waals surface area contributed by atoms with Gasteiger partial charge in [-0.1, -0.05) is 42.5 Å². The number of hydrogen-bond acceptors (Lipinski definition) is 5. The molecule has 1 fully saturated rings. The molecule has 0 spiro atoms. The average Bonchev–Trinajstić information content (AvgIpc) is 2.57. The SMILES string of the molecule is O=C1C=C[C@@H](O)[C@@H](C[C@H]2C[C@H](O)C[C@H](/C=C/c3ccccc3)O2)O1. The van der Waals surface area contributed by atoms with E-state index in [1.54, 1.807) is 0 Å². The number of benzene rings is 1. The van der Waals surface area contributed by atoms with Crippen molar-refractivity contribution in [1.82, 2.24) is 0 Å². The van der Waals surface area contributed by atoms with Crippen molar-refractivity contribution in [2.24, 2.45) is 0 Å². The fourth-order valence-electron chi connectivity index (χ4n) is 3.09. The van der Waals surface area contributed by atoms with E-state index in [0.29, 0.717) is 19.3 Å². The largest absolute Gasteiger partial charge is 0.456 e. The molecular weight excluding hydrogens is 308 g/mol. The molecule has 24 heavy (non-hydrogen) atoms. The molecule has 2 aliphatic rings. The first-order chi connectivity index (χ1) is 11.6. The highest BCUT2D eigenvalue weighted by Crippen LogP contribution is 2.26. The predicted octanol–water partition coefficient (Wildman–Crippen LogP) is 1.84. The maximum absolute atomic E-state index is 11.3. The molecule has 0 amide bonds. The summed E-state index contributed by atoms with van der Waals surface area (Å²) in [6.07, 6.45) is 5.54. The highest BCUT2D eigenvalue weighted by molar-refractivity contribution is 5.83. The van der Waals surface area contributed by atoms with Crippen LogP contribution in [0.4, 0.5) is 0 Å². The Balaban J connectivity index is 1.60. The van der Waals surface area contributed by atoms with Crippen LogP contribution in [-0.4, -0.2) is 46.7 Å². The lowest BCUT2D eigenvalue weighted by molar-refractivity contribution is -0.155. The lowest BCUT2D eigenvalue weighted by atomic mass is 9.94. The third-order valence-corrected chi connectivity index (χ3v) is 4.28. The Morgan fingerprint density at radius 3 is 2.75 bits per heavy atom. The van der Waals surface area contributed by atoms with E-state index < -0.39 is 24.3 Å². The van der Waals surface area contributed by atoms with Gasteiger partial charge in [0, 0.05) is 18.9 Å². The summed E-state index contributed by atoms with van der Waals surface area (Å²) in [6, 6.07) is 9.88. The number of hydrogen-bond donors (Lipinski definition) is 2. The maximum Gasteiger partial charge on any atom is 0.330 e. The highest BCUT2D eigenvalue weighted by Gasteiger charge is 2.33. The summed E-state index contributed by atoms with van der Waals surface area (Å²) in [7, 11) is 0. The minimum absolute atomic E-state index is 0.203. The molecule has 2 heterocycles. The Kier molecular flexibility index (Phi) is 5.45. The molecule has 0 unspecified atom stereocenters. The molecule has 5 heteroatoms. The van der Waals surface area contributed by atoms with Gasteiger partial charge in [-0.05, 0) is 18.1 Å². The Bertz CT molecular complexity index is 609. The van der Waals surface area contributed by atoms with Gasteiger partial charge >= 0.3 is 5.97 Å². The van der Waals surface area contributed by atoms with Crippen LogP contribution < -0.4 is 0 Å². The third kappa shape index (κ3) is 4.54. The zero-order valence-electron chi connectivity index (χ0n) is 13.3. The van der Waals surface area contributed by atoms with Crippen LogP contribution in [0, 0.1) is 0 Å². The smallest absolute Gasteiger partial charge is 0.330 e. The number of cyclic esters (lactones) is 1. The number of aliphatic hydroxyl groups is 2. The maximum atomic E-state index is 11.3. The number of aliphatic hydroxyl groups excluding tert-OH is 2. The minimum Gasteiger partial charge on any atom is -0.456 e. The van der Waals surface area contributed by atoms with Crippen molar-refractivity contribution in [2.75, 3.05) is 0 Å². The molecule has 2 aliphatic heterocycles. The molecule has 0 bridgehead atoms. The lowest BCUT2D eigenvalue weighted by Gasteiger charge is -2.34. The van der Waals surface area contributed by atoms with Gasteiger partial charge in [-0.3, -0.25) is 0 Å². The zero-order valence-corrected chi connectivity index (χ0v) is 13.3. The number of esters is 1. The first kappa shape index (κ1) is 16.9. The molecule has 128 valence electrons. The van der Waals surface area contributed by atoms with Crippen LogP contribution in [0.2, 0.25) is 0 Å². The third-order valence-electron chi connectivity index (χ3n) is 4.28. The van der Waals surface area contributed by atoms with Gasteiger partial charge in [0.15, 0.2) is 0 Å². The highest BCUT2D eigenvalue weighted by atomic mass is 16.6. The number of ether oxygens (including phenoxy) is 2. The molecule has 1 aromatic rings. The van der Waals surface area contributed by atoms with Gasteiger partial charge in [0.05, 0.1) is 18.3 Å². The van der Waals surface area contributed by atoms with E-state index in [4.69, 9.17) is 9.47 Å². The molecule has 5 nitrogen and oxygen atoms in total. The van der Waals surface area contributed by atoms with E-state index in [1.165, 1.54) is 12.2 Å². The second kappa shape index (κ2) is 7.75. The summed E-state index contributed by atoms with van der Waals surface area (Å²) in [5.41, 5.74) is 1.07. The Morgan fingerprint density at radius 1 is 1.17 bits per heavy atom. The molecule has 0 radical (unpaired) electrons. The molecule has 2 N–H and O–H groups in total. The summed E-state index contributed by atoms with van der Waals surface area (Å²) in [4.78, 5) is 11.3. The van der Waals surface area contributed by atoms with E-state index in [1.807, 2.05) is 42.5 Å². The first-order valence-corrected chi connectivity index (χ1v) is 8.24. The monoisotopic (exact) mass is 330 g/mol. The zero-order chi connectivity index (χ0) is 16.9. The van der Waals surface area contributed by atoms with Crippen LogP contribution in [0.1, 0.15) is 24.8 Å². The summed E-state index contributed by atoms with van der Waals surface area (Å²) in [5, 5.41) is 20.0. The van der Waals surface area contributed by atoms with Crippen molar-refractivity contribution in [2.45, 2.75) is 49.8 Å². The van der Waals surface area contributed by atoms with Crippen molar-refractivity contribution in [3.63, 3.8) is 0 Å². The van der Waals surface area contributed by atoms with Crippen molar-refractivity contribution < 1.29 is 24.5 Å². The van der Waals surface area contributed by atoms with Crippen molar-refractivity contribution in [3.8, 4) is 0 Å².